The molecule has 2 atom stereocenters. The Labute approximate surface area is 154 Å². The van der Waals surface area contributed by atoms with Crippen LogP contribution in [0.4, 0.5) is 13.2 Å². The van der Waals surface area contributed by atoms with E-state index in [0.717, 1.165) is 17.7 Å². The van der Waals surface area contributed by atoms with Gasteiger partial charge in [0.05, 0.1) is 5.56 Å². The minimum atomic E-state index is -4.50. The lowest BCUT2D eigenvalue weighted by Crippen LogP contribution is -2.22. The van der Waals surface area contributed by atoms with Crippen molar-refractivity contribution in [3.63, 3.8) is 0 Å². The molecule has 3 rings (SSSR count). The third kappa shape index (κ3) is 4.45. The van der Waals surface area contributed by atoms with E-state index in [1.807, 2.05) is 6.92 Å². The fraction of sp³-hybridized carbons (Fsp3) is 0.238. The Morgan fingerprint density at radius 2 is 1.85 bits per heavy atom. The third-order valence-corrected chi connectivity index (χ3v) is 4.49. The van der Waals surface area contributed by atoms with E-state index in [1.165, 1.54) is 24.3 Å². The van der Waals surface area contributed by atoms with E-state index in [-0.39, 0.29) is 12.2 Å². The van der Waals surface area contributed by atoms with Gasteiger partial charge in [0.25, 0.3) is 0 Å². The number of aryl methyl sites for hydroxylation is 1. The fourth-order valence-electron chi connectivity index (χ4n) is 3.03. The molecule has 1 heterocycles. The maximum absolute atomic E-state index is 13.1. The average molecular weight is 374 g/mol. The number of esters is 1. The molecule has 0 saturated carbocycles. The van der Waals surface area contributed by atoms with Crippen LogP contribution in [0.15, 0.2) is 60.7 Å². The highest BCUT2D eigenvalue weighted by molar-refractivity contribution is 5.96. The molecule has 2 aromatic rings. The van der Waals surface area contributed by atoms with E-state index in [9.17, 15) is 22.8 Å². The predicted octanol–water partition coefficient (Wildman–Crippen LogP) is 4.85. The molecule has 2 aromatic carbocycles. The monoisotopic (exact) mass is 374 g/mol. The highest BCUT2D eigenvalue weighted by Gasteiger charge is 2.34. The van der Waals surface area contributed by atoms with E-state index in [4.69, 9.17) is 4.74 Å². The zero-order valence-electron chi connectivity index (χ0n) is 14.5. The molecular weight excluding hydrogens is 357 g/mol. The van der Waals surface area contributed by atoms with Crippen LogP contribution in [0, 0.1) is 6.92 Å². The molecule has 0 saturated heterocycles. The smallest absolute Gasteiger partial charge is 0.416 e. The summed E-state index contributed by atoms with van der Waals surface area (Å²) >= 11 is 0. The summed E-state index contributed by atoms with van der Waals surface area (Å²) in [6.45, 7) is 1.89. The van der Waals surface area contributed by atoms with E-state index in [1.54, 1.807) is 24.3 Å². The molecule has 3 nitrogen and oxygen atoms in total. The van der Waals surface area contributed by atoms with Gasteiger partial charge in [0.2, 0.25) is 0 Å². The molecule has 0 spiro atoms. The number of carbonyl (C=O) groups excluding carboxylic acids is 2. The van der Waals surface area contributed by atoms with Gasteiger partial charge < -0.3 is 4.74 Å². The molecule has 140 valence electrons. The van der Waals surface area contributed by atoms with Gasteiger partial charge in [-0.25, -0.2) is 4.79 Å². The topological polar surface area (TPSA) is 43.4 Å². The van der Waals surface area contributed by atoms with E-state index in [0.29, 0.717) is 11.1 Å². The zero-order chi connectivity index (χ0) is 19.6. The van der Waals surface area contributed by atoms with Gasteiger partial charge in [0.1, 0.15) is 6.10 Å². The van der Waals surface area contributed by atoms with Crippen LogP contribution in [0.25, 0.3) is 0 Å². The lowest BCUT2D eigenvalue weighted by molar-refractivity contribution is -0.140. The van der Waals surface area contributed by atoms with Crippen LogP contribution in [-0.4, -0.2) is 17.9 Å². The predicted molar refractivity (Wildman–Crippen MR) is 93.3 cm³/mol. The SMILES string of the molecule is Cc1ccc(C(=O)C[C@@H](c2cccc(C(F)(F)F)c2)[C@@H]2C=CC(=O)O2)cc1. The summed E-state index contributed by atoms with van der Waals surface area (Å²) in [4.78, 5) is 24.1. The first-order chi connectivity index (χ1) is 12.7. The van der Waals surface area contributed by atoms with Crippen molar-refractivity contribution >= 4 is 11.8 Å². The van der Waals surface area contributed by atoms with Crippen molar-refractivity contribution in [3.05, 3.63) is 82.9 Å². The molecule has 1 aliphatic heterocycles. The first-order valence-corrected chi connectivity index (χ1v) is 8.40. The van der Waals surface area contributed by atoms with Gasteiger partial charge >= 0.3 is 12.1 Å². The molecule has 1 aliphatic rings. The molecule has 0 N–H and O–H groups in total. The molecule has 0 fully saturated rings. The normalized spacial score (nSPS) is 17.6. The van der Waals surface area contributed by atoms with Crippen LogP contribution in [0.2, 0.25) is 0 Å². The number of rotatable bonds is 5. The van der Waals surface area contributed by atoms with Crippen LogP contribution >= 0.6 is 0 Å². The number of carbonyl (C=O) groups is 2. The number of ether oxygens (including phenoxy) is 1. The largest absolute Gasteiger partial charge is 0.454 e. The van der Waals surface area contributed by atoms with Gasteiger partial charge in [-0.05, 0) is 24.6 Å². The number of hydrogen-bond donors (Lipinski definition) is 0. The first-order valence-electron chi connectivity index (χ1n) is 8.40. The van der Waals surface area contributed by atoms with Crippen molar-refractivity contribution < 1.29 is 27.5 Å². The van der Waals surface area contributed by atoms with Crippen LogP contribution in [0.1, 0.15) is 39.4 Å². The van der Waals surface area contributed by atoms with Crippen molar-refractivity contribution in [2.45, 2.75) is 31.5 Å². The minimum Gasteiger partial charge on any atom is -0.454 e. The molecular formula is C21H17F3O3. The van der Waals surface area contributed by atoms with Crippen molar-refractivity contribution in [3.8, 4) is 0 Å². The minimum absolute atomic E-state index is 0.0767. The summed E-state index contributed by atoms with van der Waals surface area (Å²) < 4.78 is 44.4. The second-order valence-corrected chi connectivity index (χ2v) is 6.48. The molecule has 0 amide bonds. The highest BCUT2D eigenvalue weighted by Crippen LogP contribution is 2.35. The van der Waals surface area contributed by atoms with Crippen LogP contribution in [0.5, 0.6) is 0 Å². The van der Waals surface area contributed by atoms with Gasteiger partial charge in [-0.1, -0.05) is 48.0 Å². The van der Waals surface area contributed by atoms with E-state index < -0.39 is 29.7 Å². The molecule has 0 aliphatic carbocycles. The fourth-order valence-corrected chi connectivity index (χ4v) is 3.03. The molecule has 6 heteroatoms. The lowest BCUT2D eigenvalue weighted by Gasteiger charge is -2.23. The Kier molecular flexibility index (Phi) is 5.17. The summed E-state index contributed by atoms with van der Waals surface area (Å²) in [6.07, 6.45) is -2.65. The Balaban J connectivity index is 1.92. The van der Waals surface area contributed by atoms with Crippen molar-refractivity contribution in [1.82, 2.24) is 0 Å². The van der Waals surface area contributed by atoms with E-state index in [2.05, 4.69) is 0 Å². The molecule has 0 aromatic heterocycles. The molecule has 0 unspecified atom stereocenters. The lowest BCUT2D eigenvalue weighted by atomic mass is 9.86. The standard InChI is InChI=1S/C21H17F3O3/c1-13-5-7-14(8-6-13)18(25)12-17(19-9-10-20(26)27-19)15-3-2-4-16(11-15)21(22,23)24/h2-11,17,19H,12H2,1H3/t17-,19-/m0/s1. The number of halogens is 3. The summed E-state index contributed by atoms with van der Waals surface area (Å²) in [5.41, 5.74) is 0.954. The highest BCUT2D eigenvalue weighted by atomic mass is 19.4. The number of benzene rings is 2. The maximum atomic E-state index is 13.1. The molecule has 0 radical (unpaired) electrons. The molecule has 0 bridgehead atoms. The second-order valence-electron chi connectivity index (χ2n) is 6.48. The number of ketones is 1. The van der Waals surface area contributed by atoms with Crippen LogP contribution in [0.3, 0.4) is 0 Å². The summed E-state index contributed by atoms with van der Waals surface area (Å²) in [5, 5.41) is 0. The third-order valence-electron chi connectivity index (χ3n) is 4.49. The summed E-state index contributed by atoms with van der Waals surface area (Å²) in [5.74, 6) is -1.50. The maximum Gasteiger partial charge on any atom is 0.416 e. The van der Waals surface area contributed by atoms with Crippen molar-refractivity contribution in [2.75, 3.05) is 0 Å². The van der Waals surface area contributed by atoms with Gasteiger partial charge in [0, 0.05) is 24.0 Å². The number of cyclic esters (lactones) is 1. The quantitative estimate of drug-likeness (QED) is 0.555. The Bertz CT molecular complexity index is 882. The van der Waals surface area contributed by atoms with Gasteiger partial charge in [0.15, 0.2) is 5.78 Å². The van der Waals surface area contributed by atoms with Gasteiger partial charge in [-0.2, -0.15) is 13.2 Å². The van der Waals surface area contributed by atoms with Crippen LogP contribution < -0.4 is 0 Å². The number of Topliss-reactive ketones (excluding diaryl/α,β-unsaturated/α-hetero) is 1. The van der Waals surface area contributed by atoms with E-state index >= 15 is 0 Å². The Morgan fingerprint density at radius 3 is 2.44 bits per heavy atom. The average Bonchev–Trinajstić information content (AvgIpc) is 3.05. The van der Waals surface area contributed by atoms with Gasteiger partial charge in [-0.15, -0.1) is 0 Å². The summed E-state index contributed by atoms with van der Waals surface area (Å²) in [7, 11) is 0. The Morgan fingerprint density at radius 1 is 1.15 bits per heavy atom. The zero-order valence-corrected chi connectivity index (χ0v) is 14.5. The number of alkyl halides is 3. The second kappa shape index (κ2) is 7.39. The summed E-state index contributed by atoms with van der Waals surface area (Å²) in [6, 6.07) is 11.7. The first kappa shape index (κ1) is 18.9. The van der Waals surface area contributed by atoms with Crippen LogP contribution in [-0.2, 0) is 15.7 Å². The van der Waals surface area contributed by atoms with Crippen molar-refractivity contribution in [2.24, 2.45) is 0 Å². The molecule has 27 heavy (non-hydrogen) atoms. The van der Waals surface area contributed by atoms with Crippen molar-refractivity contribution in [1.29, 1.82) is 0 Å². The Hall–Kier alpha value is -2.89. The number of hydrogen-bond acceptors (Lipinski definition) is 3. The van der Waals surface area contributed by atoms with Gasteiger partial charge in [-0.3, -0.25) is 4.79 Å².